The van der Waals surface area contributed by atoms with E-state index in [1.165, 1.54) is 7.11 Å². The molecule has 0 bridgehead atoms. The van der Waals surface area contributed by atoms with Gasteiger partial charge in [0, 0.05) is 6.07 Å². The SMILES string of the molecule is COc1ccc(-c2noc([C@@H](N)c3ccccc3)n2)nn1. The molecule has 7 heteroatoms. The number of nitrogens with zero attached hydrogens (tertiary/aromatic N) is 4. The van der Waals surface area contributed by atoms with E-state index < -0.39 is 6.04 Å². The van der Waals surface area contributed by atoms with Crippen molar-refractivity contribution in [2.24, 2.45) is 5.73 Å². The van der Waals surface area contributed by atoms with Crippen LogP contribution in [-0.2, 0) is 0 Å². The summed E-state index contributed by atoms with van der Waals surface area (Å²) in [6.07, 6.45) is 0. The van der Waals surface area contributed by atoms with Crippen molar-refractivity contribution in [3.63, 3.8) is 0 Å². The molecule has 0 aliphatic carbocycles. The molecule has 2 N–H and O–H groups in total. The van der Waals surface area contributed by atoms with Crippen molar-refractivity contribution in [3.05, 3.63) is 53.9 Å². The maximum Gasteiger partial charge on any atom is 0.248 e. The van der Waals surface area contributed by atoms with Crippen LogP contribution in [0.4, 0.5) is 0 Å². The molecular weight excluding hydrogens is 270 g/mol. The fourth-order valence-corrected chi connectivity index (χ4v) is 1.82. The van der Waals surface area contributed by atoms with Gasteiger partial charge in [0.2, 0.25) is 17.6 Å². The molecule has 1 aromatic carbocycles. The Labute approximate surface area is 120 Å². The molecule has 0 spiro atoms. The zero-order chi connectivity index (χ0) is 14.7. The minimum Gasteiger partial charge on any atom is -0.480 e. The van der Waals surface area contributed by atoms with Crippen LogP contribution in [0.25, 0.3) is 11.5 Å². The standard InChI is InChI=1S/C14H13N5O2/c1-20-11-8-7-10(17-18-11)13-16-14(21-19-13)12(15)9-5-3-2-4-6-9/h2-8,12H,15H2,1H3/t12-/m0/s1. The van der Waals surface area contributed by atoms with Crippen LogP contribution in [0, 0.1) is 0 Å². The highest BCUT2D eigenvalue weighted by Gasteiger charge is 2.18. The number of ether oxygens (including phenoxy) is 1. The second-order valence-electron chi connectivity index (χ2n) is 4.31. The van der Waals surface area contributed by atoms with Crippen molar-refractivity contribution in [2.75, 3.05) is 7.11 Å². The molecule has 1 atom stereocenters. The lowest BCUT2D eigenvalue weighted by atomic mass is 10.1. The van der Waals surface area contributed by atoms with E-state index in [4.69, 9.17) is 15.0 Å². The summed E-state index contributed by atoms with van der Waals surface area (Å²) in [5.74, 6) is 1.09. The van der Waals surface area contributed by atoms with Crippen LogP contribution < -0.4 is 10.5 Å². The summed E-state index contributed by atoms with van der Waals surface area (Å²) in [5, 5.41) is 11.7. The Balaban J connectivity index is 1.85. The number of hydrogen-bond acceptors (Lipinski definition) is 7. The van der Waals surface area contributed by atoms with Gasteiger partial charge in [0.05, 0.1) is 7.11 Å². The van der Waals surface area contributed by atoms with Crippen molar-refractivity contribution in [3.8, 4) is 17.4 Å². The highest BCUT2D eigenvalue weighted by molar-refractivity contribution is 5.47. The molecule has 7 nitrogen and oxygen atoms in total. The average Bonchev–Trinajstić information content (AvgIpc) is 3.05. The second-order valence-corrected chi connectivity index (χ2v) is 4.31. The van der Waals surface area contributed by atoms with Crippen LogP contribution in [0.15, 0.2) is 47.0 Å². The van der Waals surface area contributed by atoms with Gasteiger partial charge in [0.15, 0.2) is 0 Å². The van der Waals surface area contributed by atoms with E-state index in [1.807, 2.05) is 30.3 Å². The minimum atomic E-state index is -0.473. The van der Waals surface area contributed by atoms with Crippen LogP contribution >= 0.6 is 0 Å². The third kappa shape index (κ3) is 2.72. The van der Waals surface area contributed by atoms with Gasteiger partial charge in [0.1, 0.15) is 11.7 Å². The molecule has 106 valence electrons. The Hall–Kier alpha value is -2.80. The number of hydrogen-bond donors (Lipinski definition) is 1. The molecule has 0 saturated carbocycles. The molecule has 0 unspecified atom stereocenters. The normalized spacial score (nSPS) is 12.1. The van der Waals surface area contributed by atoms with E-state index in [0.29, 0.717) is 23.3 Å². The van der Waals surface area contributed by atoms with Gasteiger partial charge in [0.25, 0.3) is 0 Å². The number of nitrogens with two attached hydrogens (primary N) is 1. The van der Waals surface area contributed by atoms with Crippen molar-refractivity contribution in [1.82, 2.24) is 20.3 Å². The largest absolute Gasteiger partial charge is 0.480 e. The number of benzene rings is 1. The van der Waals surface area contributed by atoms with Gasteiger partial charge in [-0.15, -0.1) is 10.2 Å². The first-order valence-electron chi connectivity index (χ1n) is 6.30. The van der Waals surface area contributed by atoms with Gasteiger partial charge >= 0.3 is 0 Å². The van der Waals surface area contributed by atoms with Gasteiger partial charge in [-0.2, -0.15) is 4.98 Å². The van der Waals surface area contributed by atoms with Gasteiger partial charge in [-0.25, -0.2) is 0 Å². The summed E-state index contributed by atoms with van der Waals surface area (Å²) in [6.45, 7) is 0. The summed E-state index contributed by atoms with van der Waals surface area (Å²) >= 11 is 0. The zero-order valence-corrected chi connectivity index (χ0v) is 11.3. The van der Waals surface area contributed by atoms with Crippen LogP contribution in [-0.4, -0.2) is 27.4 Å². The van der Waals surface area contributed by atoms with Crippen molar-refractivity contribution < 1.29 is 9.26 Å². The van der Waals surface area contributed by atoms with E-state index in [9.17, 15) is 0 Å². The third-order valence-corrected chi connectivity index (χ3v) is 2.94. The lowest BCUT2D eigenvalue weighted by Crippen LogP contribution is -2.12. The van der Waals surface area contributed by atoms with Crippen LogP contribution in [0.2, 0.25) is 0 Å². The quantitative estimate of drug-likeness (QED) is 0.775. The first-order valence-corrected chi connectivity index (χ1v) is 6.30. The summed E-state index contributed by atoms with van der Waals surface area (Å²) in [7, 11) is 1.52. The molecule has 21 heavy (non-hydrogen) atoms. The monoisotopic (exact) mass is 283 g/mol. The minimum absolute atomic E-state index is 0.328. The Morgan fingerprint density at radius 2 is 1.90 bits per heavy atom. The van der Waals surface area contributed by atoms with Gasteiger partial charge in [-0.1, -0.05) is 35.5 Å². The van der Waals surface area contributed by atoms with E-state index in [1.54, 1.807) is 12.1 Å². The summed E-state index contributed by atoms with van der Waals surface area (Å²) in [4.78, 5) is 4.27. The first kappa shape index (κ1) is 13.2. The fourth-order valence-electron chi connectivity index (χ4n) is 1.82. The van der Waals surface area contributed by atoms with Gasteiger partial charge in [-0.05, 0) is 11.6 Å². The molecule has 0 radical (unpaired) electrons. The molecule has 0 aliphatic rings. The maximum absolute atomic E-state index is 6.10. The van der Waals surface area contributed by atoms with Crippen molar-refractivity contribution in [2.45, 2.75) is 6.04 Å². The van der Waals surface area contributed by atoms with E-state index in [2.05, 4.69) is 20.3 Å². The van der Waals surface area contributed by atoms with E-state index in [-0.39, 0.29) is 0 Å². The van der Waals surface area contributed by atoms with Crippen LogP contribution in [0.1, 0.15) is 17.5 Å². The average molecular weight is 283 g/mol. The molecule has 3 rings (SSSR count). The molecule has 0 saturated heterocycles. The van der Waals surface area contributed by atoms with Crippen LogP contribution in [0.5, 0.6) is 5.88 Å². The predicted molar refractivity (Wildman–Crippen MR) is 74.3 cm³/mol. The Kier molecular flexibility index (Phi) is 3.57. The molecular formula is C14H13N5O2. The smallest absolute Gasteiger partial charge is 0.248 e. The predicted octanol–water partition coefficient (Wildman–Crippen LogP) is 1.58. The number of rotatable bonds is 4. The Morgan fingerprint density at radius 1 is 1.10 bits per heavy atom. The molecule has 0 amide bonds. The van der Waals surface area contributed by atoms with Crippen LogP contribution in [0.3, 0.4) is 0 Å². The van der Waals surface area contributed by atoms with E-state index >= 15 is 0 Å². The molecule has 0 aliphatic heterocycles. The summed E-state index contributed by atoms with van der Waals surface area (Å²) in [6, 6.07) is 12.4. The summed E-state index contributed by atoms with van der Waals surface area (Å²) in [5.41, 5.74) is 7.49. The Bertz CT molecular complexity index is 712. The number of methoxy groups -OCH3 is 1. The molecule has 2 heterocycles. The highest BCUT2D eigenvalue weighted by Crippen LogP contribution is 2.20. The van der Waals surface area contributed by atoms with E-state index in [0.717, 1.165) is 5.56 Å². The fraction of sp³-hybridized carbons (Fsp3) is 0.143. The second kappa shape index (κ2) is 5.68. The topological polar surface area (TPSA) is 100.0 Å². The summed E-state index contributed by atoms with van der Waals surface area (Å²) < 4.78 is 10.2. The third-order valence-electron chi connectivity index (χ3n) is 2.94. The first-order chi connectivity index (χ1) is 10.3. The molecule has 0 fully saturated rings. The molecule has 2 aromatic heterocycles. The maximum atomic E-state index is 6.10. The van der Waals surface area contributed by atoms with Gasteiger partial charge in [-0.3, -0.25) is 0 Å². The lowest BCUT2D eigenvalue weighted by Gasteiger charge is -2.05. The highest BCUT2D eigenvalue weighted by atomic mass is 16.5. The zero-order valence-electron chi connectivity index (χ0n) is 11.3. The van der Waals surface area contributed by atoms with Crippen molar-refractivity contribution in [1.29, 1.82) is 0 Å². The van der Waals surface area contributed by atoms with Gasteiger partial charge < -0.3 is 15.0 Å². The lowest BCUT2D eigenvalue weighted by molar-refractivity contribution is 0.367. The number of aromatic nitrogens is 4. The van der Waals surface area contributed by atoms with Crippen molar-refractivity contribution >= 4 is 0 Å². The molecule has 3 aromatic rings. The Morgan fingerprint density at radius 3 is 2.57 bits per heavy atom.